The first-order chi connectivity index (χ1) is 10.1. The molecule has 0 atom stereocenters. The third-order valence-electron chi connectivity index (χ3n) is 3.74. The van der Waals surface area contributed by atoms with Gasteiger partial charge in [-0.1, -0.05) is 31.0 Å². The zero-order chi connectivity index (χ0) is 15.1. The van der Waals surface area contributed by atoms with Crippen molar-refractivity contribution in [2.45, 2.75) is 39.0 Å². The number of carbonyl (C=O) groups is 2. The molecule has 114 valence electrons. The molecule has 0 radical (unpaired) electrons. The summed E-state index contributed by atoms with van der Waals surface area (Å²) >= 11 is 0. The Morgan fingerprint density at radius 1 is 1.14 bits per heavy atom. The molecule has 0 saturated heterocycles. The second kappa shape index (κ2) is 7.67. The number of aryl methyl sites for hydroxylation is 1. The first-order valence-electron chi connectivity index (χ1n) is 7.41. The fraction of sp³-hybridized carbons (Fsp3) is 0.500. The molecule has 2 N–H and O–H groups in total. The molecule has 1 saturated carbocycles. The molecule has 1 fully saturated rings. The largest absolute Gasteiger partial charge is 0.483 e. The van der Waals surface area contributed by atoms with Gasteiger partial charge in [0.1, 0.15) is 5.75 Å². The Hall–Kier alpha value is -2.04. The van der Waals surface area contributed by atoms with E-state index < -0.39 is 0 Å². The highest BCUT2D eigenvalue weighted by atomic mass is 16.5. The van der Waals surface area contributed by atoms with Crippen molar-refractivity contribution in [3.05, 3.63) is 29.8 Å². The summed E-state index contributed by atoms with van der Waals surface area (Å²) in [5, 5.41) is 0. The van der Waals surface area contributed by atoms with Gasteiger partial charge in [-0.05, 0) is 37.3 Å². The van der Waals surface area contributed by atoms with E-state index in [4.69, 9.17) is 4.74 Å². The third-order valence-corrected chi connectivity index (χ3v) is 3.74. The van der Waals surface area contributed by atoms with Crippen LogP contribution in [-0.2, 0) is 9.59 Å². The second-order valence-corrected chi connectivity index (χ2v) is 5.51. The maximum absolute atomic E-state index is 11.7. The zero-order valence-corrected chi connectivity index (χ0v) is 12.4. The van der Waals surface area contributed by atoms with Crippen LogP contribution in [-0.4, -0.2) is 18.4 Å². The number of hydrazine groups is 1. The molecule has 0 aliphatic heterocycles. The van der Waals surface area contributed by atoms with Gasteiger partial charge >= 0.3 is 0 Å². The van der Waals surface area contributed by atoms with E-state index in [1.54, 1.807) is 6.07 Å². The lowest BCUT2D eigenvalue weighted by atomic mass is 10.0. The number of nitrogens with one attached hydrogen (secondary N) is 2. The zero-order valence-electron chi connectivity index (χ0n) is 12.4. The van der Waals surface area contributed by atoms with Crippen molar-refractivity contribution in [1.29, 1.82) is 0 Å². The van der Waals surface area contributed by atoms with Crippen molar-refractivity contribution in [2.75, 3.05) is 6.61 Å². The van der Waals surface area contributed by atoms with E-state index in [1.807, 2.05) is 25.1 Å². The molecule has 1 aliphatic carbocycles. The molecule has 0 bridgehead atoms. The van der Waals surface area contributed by atoms with Crippen molar-refractivity contribution in [1.82, 2.24) is 10.9 Å². The summed E-state index contributed by atoms with van der Waals surface area (Å²) in [5.74, 6) is 0.638. The van der Waals surface area contributed by atoms with Crippen molar-refractivity contribution in [2.24, 2.45) is 5.92 Å². The standard InChI is InChI=1S/C16H22N2O3/c1-12-6-2-5-9-14(12)21-11-16(20)18-17-15(19)10-13-7-3-4-8-13/h2,5-6,9,13H,3-4,7-8,10-11H2,1H3,(H,17,19)(H,18,20). The topological polar surface area (TPSA) is 67.4 Å². The van der Waals surface area contributed by atoms with Gasteiger partial charge in [0.15, 0.2) is 6.61 Å². The lowest BCUT2D eigenvalue weighted by molar-refractivity contribution is -0.130. The van der Waals surface area contributed by atoms with Crippen LogP contribution in [0.1, 0.15) is 37.7 Å². The Labute approximate surface area is 125 Å². The molecule has 0 heterocycles. The Kier molecular flexibility index (Phi) is 5.60. The minimum absolute atomic E-state index is 0.117. The highest BCUT2D eigenvalue weighted by Crippen LogP contribution is 2.27. The van der Waals surface area contributed by atoms with E-state index in [2.05, 4.69) is 10.9 Å². The molecule has 0 aromatic heterocycles. The van der Waals surface area contributed by atoms with Crippen LogP contribution in [0, 0.1) is 12.8 Å². The quantitative estimate of drug-likeness (QED) is 0.816. The number of carbonyl (C=O) groups excluding carboxylic acids is 2. The molecule has 5 nitrogen and oxygen atoms in total. The molecular formula is C16H22N2O3. The summed E-state index contributed by atoms with van der Waals surface area (Å²) in [5.41, 5.74) is 5.79. The fourth-order valence-corrected chi connectivity index (χ4v) is 2.56. The van der Waals surface area contributed by atoms with Crippen molar-refractivity contribution in [3.8, 4) is 5.75 Å². The van der Waals surface area contributed by atoms with Crippen LogP contribution in [0.15, 0.2) is 24.3 Å². The molecule has 0 unspecified atom stereocenters. The van der Waals surface area contributed by atoms with Crippen molar-refractivity contribution >= 4 is 11.8 Å². The molecular weight excluding hydrogens is 268 g/mol. The number of rotatable bonds is 5. The van der Waals surface area contributed by atoms with Gasteiger partial charge in [-0.15, -0.1) is 0 Å². The number of ether oxygens (including phenoxy) is 1. The molecule has 1 aromatic carbocycles. The Morgan fingerprint density at radius 2 is 1.81 bits per heavy atom. The third kappa shape index (κ3) is 5.10. The smallest absolute Gasteiger partial charge is 0.276 e. The molecule has 2 amide bonds. The summed E-state index contributed by atoms with van der Waals surface area (Å²) in [6, 6.07) is 7.48. The summed E-state index contributed by atoms with van der Waals surface area (Å²) in [7, 11) is 0. The second-order valence-electron chi connectivity index (χ2n) is 5.51. The van der Waals surface area contributed by atoms with Crippen LogP contribution in [0.4, 0.5) is 0 Å². The van der Waals surface area contributed by atoms with Crippen LogP contribution >= 0.6 is 0 Å². The van der Waals surface area contributed by atoms with Crippen LogP contribution in [0.25, 0.3) is 0 Å². The van der Waals surface area contributed by atoms with Crippen molar-refractivity contribution in [3.63, 3.8) is 0 Å². The summed E-state index contributed by atoms with van der Waals surface area (Å²) in [6.07, 6.45) is 5.11. The maximum Gasteiger partial charge on any atom is 0.276 e. The predicted molar refractivity (Wildman–Crippen MR) is 79.5 cm³/mol. The Morgan fingerprint density at radius 3 is 2.52 bits per heavy atom. The van der Waals surface area contributed by atoms with E-state index >= 15 is 0 Å². The van der Waals surface area contributed by atoms with Gasteiger partial charge in [-0.2, -0.15) is 0 Å². The Bertz CT molecular complexity index is 496. The van der Waals surface area contributed by atoms with E-state index in [-0.39, 0.29) is 18.4 Å². The maximum atomic E-state index is 11.7. The van der Waals surface area contributed by atoms with Gasteiger partial charge in [-0.3, -0.25) is 20.4 Å². The lowest BCUT2D eigenvalue weighted by Crippen LogP contribution is -2.44. The molecule has 0 spiro atoms. The first-order valence-corrected chi connectivity index (χ1v) is 7.41. The van der Waals surface area contributed by atoms with Crippen LogP contribution in [0.5, 0.6) is 5.75 Å². The van der Waals surface area contributed by atoms with Gasteiger partial charge in [-0.25, -0.2) is 0 Å². The van der Waals surface area contributed by atoms with E-state index in [1.165, 1.54) is 12.8 Å². The highest BCUT2D eigenvalue weighted by Gasteiger charge is 2.18. The summed E-state index contributed by atoms with van der Waals surface area (Å²) in [6.45, 7) is 1.80. The van der Waals surface area contributed by atoms with Crippen molar-refractivity contribution < 1.29 is 14.3 Å². The predicted octanol–water partition coefficient (Wildman–Crippen LogP) is 2.10. The van der Waals surface area contributed by atoms with Gasteiger partial charge in [0.05, 0.1) is 0 Å². The lowest BCUT2D eigenvalue weighted by Gasteiger charge is -2.11. The SMILES string of the molecule is Cc1ccccc1OCC(=O)NNC(=O)CC1CCCC1. The summed E-state index contributed by atoms with van der Waals surface area (Å²) in [4.78, 5) is 23.3. The molecule has 5 heteroatoms. The van der Waals surface area contributed by atoms with E-state index in [0.29, 0.717) is 18.1 Å². The monoisotopic (exact) mass is 290 g/mol. The molecule has 1 aromatic rings. The minimum atomic E-state index is -0.363. The number of para-hydroxylation sites is 1. The number of hydrogen-bond acceptors (Lipinski definition) is 3. The van der Waals surface area contributed by atoms with Gasteiger partial charge in [0.2, 0.25) is 5.91 Å². The Balaban J connectivity index is 1.65. The van der Waals surface area contributed by atoms with Gasteiger partial charge in [0, 0.05) is 6.42 Å². The average molecular weight is 290 g/mol. The number of benzene rings is 1. The van der Waals surface area contributed by atoms with Crippen LogP contribution in [0.3, 0.4) is 0 Å². The van der Waals surface area contributed by atoms with E-state index in [0.717, 1.165) is 18.4 Å². The summed E-state index contributed by atoms with van der Waals surface area (Å²) < 4.78 is 5.40. The molecule has 1 aliphatic rings. The van der Waals surface area contributed by atoms with Crippen LogP contribution in [0.2, 0.25) is 0 Å². The van der Waals surface area contributed by atoms with Crippen LogP contribution < -0.4 is 15.6 Å². The molecule has 2 rings (SSSR count). The average Bonchev–Trinajstić information content (AvgIpc) is 2.97. The van der Waals surface area contributed by atoms with E-state index in [9.17, 15) is 9.59 Å². The number of amides is 2. The number of hydrogen-bond donors (Lipinski definition) is 2. The highest BCUT2D eigenvalue weighted by molar-refractivity contribution is 5.82. The van der Waals surface area contributed by atoms with Gasteiger partial charge < -0.3 is 4.74 Å². The fourth-order valence-electron chi connectivity index (χ4n) is 2.56. The minimum Gasteiger partial charge on any atom is -0.483 e. The normalized spacial score (nSPS) is 14.7. The van der Waals surface area contributed by atoms with Gasteiger partial charge in [0.25, 0.3) is 5.91 Å². The first kappa shape index (κ1) is 15.4. The molecule has 21 heavy (non-hydrogen) atoms.